The van der Waals surface area contributed by atoms with Crippen LogP contribution in [0.4, 0.5) is 0 Å². The molecule has 0 aromatic heterocycles. The van der Waals surface area contributed by atoms with E-state index < -0.39 is 0 Å². The van der Waals surface area contributed by atoms with Crippen molar-refractivity contribution in [3.63, 3.8) is 0 Å². The lowest BCUT2D eigenvalue weighted by Gasteiger charge is -2.04. The fourth-order valence-electron chi connectivity index (χ4n) is 1.06. The lowest BCUT2D eigenvalue weighted by Crippen LogP contribution is -2.31. The molecule has 3 heteroatoms. The van der Waals surface area contributed by atoms with E-state index in [1.807, 2.05) is 25.1 Å². The molecular weight excluding hydrogens is 176 g/mol. The van der Waals surface area contributed by atoms with Crippen molar-refractivity contribution in [2.45, 2.75) is 13.3 Å². The van der Waals surface area contributed by atoms with Crippen LogP contribution in [-0.4, -0.2) is 18.2 Å². The first-order valence-electron chi connectivity index (χ1n) is 4.68. The number of hydrogen-bond acceptors (Lipinski definition) is 2. The molecule has 74 valence electrons. The van der Waals surface area contributed by atoms with Gasteiger partial charge in [-0.15, -0.1) is 0 Å². The van der Waals surface area contributed by atoms with Crippen molar-refractivity contribution in [1.82, 2.24) is 5.32 Å². The molecule has 0 aliphatic heterocycles. The summed E-state index contributed by atoms with van der Waals surface area (Å²) in [5.74, 6) is -0.307. The zero-order chi connectivity index (χ0) is 10.4. The molecule has 0 saturated carbocycles. The van der Waals surface area contributed by atoms with Gasteiger partial charge >= 0.3 is 0 Å². The molecule has 1 amide bonds. The molecule has 0 bridgehead atoms. The quantitative estimate of drug-likeness (QED) is 0.696. The maximum atomic E-state index is 11.4. The lowest BCUT2D eigenvalue weighted by atomic mass is 10.1. The Balaban J connectivity index is 2.62. The molecule has 1 aromatic rings. The smallest absolute Gasteiger partial charge is 0.269 e. The highest BCUT2D eigenvalue weighted by atomic mass is 16.1. The summed E-state index contributed by atoms with van der Waals surface area (Å²) in [6, 6.07) is 9.01. The Morgan fingerprint density at radius 2 is 2.00 bits per heavy atom. The van der Waals surface area contributed by atoms with Crippen LogP contribution in [0.2, 0.25) is 0 Å². The first-order valence-corrected chi connectivity index (χ1v) is 4.68. The van der Waals surface area contributed by atoms with E-state index in [2.05, 4.69) is 5.32 Å². The normalized spacial score (nSPS) is 9.50. The summed E-state index contributed by atoms with van der Waals surface area (Å²) in [5.41, 5.74) is 0.681. The predicted octanol–water partition coefficient (Wildman–Crippen LogP) is 1.58. The molecule has 0 aliphatic rings. The SMILES string of the molecule is CCCNC(=O)C(=N)c1ccccc1. The average molecular weight is 190 g/mol. The molecule has 0 atom stereocenters. The Morgan fingerprint density at radius 3 is 2.57 bits per heavy atom. The molecule has 3 nitrogen and oxygen atoms in total. The maximum absolute atomic E-state index is 11.4. The third-order valence-electron chi connectivity index (χ3n) is 1.83. The van der Waals surface area contributed by atoms with E-state index in [9.17, 15) is 4.79 Å². The van der Waals surface area contributed by atoms with Gasteiger partial charge in [0.2, 0.25) is 0 Å². The summed E-state index contributed by atoms with van der Waals surface area (Å²) in [4.78, 5) is 11.4. The zero-order valence-corrected chi connectivity index (χ0v) is 8.21. The number of carbonyl (C=O) groups is 1. The Morgan fingerprint density at radius 1 is 1.36 bits per heavy atom. The second kappa shape index (κ2) is 5.17. The van der Waals surface area contributed by atoms with Gasteiger partial charge in [0.15, 0.2) is 0 Å². The van der Waals surface area contributed by atoms with Crippen LogP contribution in [0.15, 0.2) is 30.3 Å². The van der Waals surface area contributed by atoms with E-state index in [1.54, 1.807) is 12.1 Å². The predicted molar refractivity (Wildman–Crippen MR) is 56.6 cm³/mol. The van der Waals surface area contributed by atoms with Gasteiger partial charge in [-0.1, -0.05) is 37.3 Å². The fraction of sp³-hybridized carbons (Fsp3) is 0.273. The topological polar surface area (TPSA) is 53.0 Å². The molecule has 1 rings (SSSR count). The molecular formula is C11H14N2O. The lowest BCUT2D eigenvalue weighted by molar-refractivity contribution is -0.114. The minimum atomic E-state index is -0.307. The van der Waals surface area contributed by atoms with Crippen LogP contribution in [0, 0.1) is 5.41 Å². The Hall–Kier alpha value is -1.64. The summed E-state index contributed by atoms with van der Waals surface area (Å²) < 4.78 is 0. The van der Waals surface area contributed by atoms with Crippen LogP contribution in [0.5, 0.6) is 0 Å². The van der Waals surface area contributed by atoms with Crippen molar-refractivity contribution in [2.24, 2.45) is 0 Å². The first-order chi connectivity index (χ1) is 6.75. The molecule has 14 heavy (non-hydrogen) atoms. The Bertz CT molecular complexity index is 319. The number of nitrogens with one attached hydrogen (secondary N) is 2. The molecule has 0 fully saturated rings. The molecule has 0 heterocycles. The Kier molecular flexibility index (Phi) is 3.85. The standard InChI is InChI=1S/C11H14N2O/c1-2-8-13-11(14)10(12)9-6-4-3-5-7-9/h3-7,12H,2,8H2,1H3,(H,13,14). The fourth-order valence-corrected chi connectivity index (χ4v) is 1.06. The minimum absolute atomic E-state index is 0.0269. The van der Waals surface area contributed by atoms with Gasteiger partial charge in [-0.3, -0.25) is 10.2 Å². The van der Waals surface area contributed by atoms with E-state index in [-0.39, 0.29) is 11.6 Å². The van der Waals surface area contributed by atoms with E-state index in [4.69, 9.17) is 5.41 Å². The second-order valence-electron chi connectivity index (χ2n) is 3.00. The van der Waals surface area contributed by atoms with Crippen LogP contribution in [0.1, 0.15) is 18.9 Å². The van der Waals surface area contributed by atoms with Crippen molar-refractivity contribution in [2.75, 3.05) is 6.54 Å². The largest absolute Gasteiger partial charge is 0.351 e. The number of rotatable bonds is 4. The van der Waals surface area contributed by atoms with Gasteiger partial charge in [0.25, 0.3) is 5.91 Å². The highest BCUT2D eigenvalue weighted by Crippen LogP contribution is 1.99. The number of amides is 1. The molecule has 0 aliphatic carbocycles. The van der Waals surface area contributed by atoms with Crippen molar-refractivity contribution in [3.05, 3.63) is 35.9 Å². The summed E-state index contributed by atoms with van der Waals surface area (Å²) in [6.07, 6.45) is 0.883. The van der Waals surface area contributed by atoms with Crippen molar-refractivity contribution in [3.8, 4) is 0 Å². The van der Waals surface area contributed by atoms with Crippen LogP contribution >= 0.6 is 0 Å². The van der Waals surface area contributed by atoms with E-state index in [1.165, 1.54) is 0 Å². The summed E-state index contributed by atoms with van der Waals surface area (Å²) in [6.45, 7) is 2.60. The van der Waals surface area contributed by atoms with E-state index in [0.29, 0.717) is 12.1 Å². The maximum Gasteiger partial charge on any atom is 0.269 e. The van der Waals surface area contributed by atoms with Crippen molar-refractivity contribution in [1.29, 1.82) is 5.41 Å². The van der Waals surface area contributed by atoms with E-state index in [0.717, 1.165) is 6.42 Å². The number of hydrogen-bond donors (Lipinski definition) is 2. The number of benzene rings is 1. The second-order valence-corrected chi connectivity index (χ2v) is 3.00. The van der Waals surface area contributed by atoms with Crippen molar-refractivity contribution < 1.29 is 4.79 Å². The summed E-state index contributed by atoms with van der Waals surface area (Å²) in [5, 5.41) is 10.3. The van der Waals surface area contributed by atoms with Gasteiger partial charge in [0.1, 0.15) is 5.71 Å². The minimum Gasteiger partial charge on any atom is -0.351 e. The van der Waals surface area contributed by atoms with E-state index >= 15 is 0 Å². The molecule has 0 saturated heterocycles. The van der Waals surface area contributed by atoms with Crippen LogP contribution < -0.4 is 5.32 Å². The molecule has 1 aromatic carbocycles. The van der Waals surface area contributed by atoms with Crippen LogP contribution in [0.3, 0.4) is 0 Å². The van der Waals surface area contributed by atoms with Gasteiger partial charge in [-0.05, 0) is 6.42 Å². The average Bonchev–Trinajstić information content (AvgIpc) is 2.26. The van der Waals surface area contributed by atoms with Gasteiger partial charge < -0.3 is 5.32 Å². The van der Waals surface area contributed by atoms with Crippen LogP contribution in [-0.2, 0) is 4.79 Å². The summed E-state index contributed by atoms with van der Waals surface area (Å²) in [7, 11) is 0. The molecule has 0 radical (unpaired) electrons. The Labute approximate surface area is 83.7 Å². The highest BCUT2D eigenvalue weighted by Gasteiger charge is 2.09. The van der Waals surface area contributed by atoms with Gasteiger partial charge in [-0.2, -0.15) is 0 Å². The van der Waals surface area contributed by atoms with Gasteiger partial charge in [-0.25, -0.2) is 0 Å². The third kappa shape index (κ3) is 2.69. The molecule has 0 spiro atoms. The number of carbonyl (C=O) groups excluding carboxylic acids is 1. The van der Waals surface area contributed by atoms with Crippen LogP contribution in [0.25, 0.3) is 0 Å². The molecule has 2 N–H and O–H groups in total. The van der Waals surface area contributed by atoms with Gasteiger partial charge in [0.05, 0.1) is 0 Å². The zero-order valence-electron chi connectivity index (χ0n) is 8.21. The summed E-state index contributed by atoms with van der Waals surface area (Å²) >= 11 is 0. The van der Waals surface area contributed by atoms with Gasteiger partial charge in [0, 0.05) is 12.1 Å². The first kappa shape index (κ1) is 10.4. The molecule has 0 unspecified atom stereocenters. The van der Waals surface area contributed by atoms with Crippen molar-refractivity contribution >= 4 is 11.6 Å². The highest BCUT2D eigenvalue weighted by molar-refractivity contribution is 6.44. The monoisotopic (exact) mass is 190 g/mol. The third-order valence-corrected chi connectivity index (χ3v) is 1.83.